The molecule has 3 saturated heterocycles. The number of nitrogens with one attached hydrogen (secondary N) is 1. The van der Waals surface area contributed by atoms with Gasteiger partial charge in [0.15, 0.2) is 18.9 Å². The van der Waals surface area contributed by atoms with Gasteiger partial charge in [0.2, 0.25) is 5.91 Å². The minimum absolute atomic E-state index is 0.226. The molecule has 12 N–H and O–H groups in total. The van der Waals surface area contributed by atoms with Crippen LogP contribution < -0.4 is 5.32 Å². The first kappa shape index (κ1) is 63.3. The Morgan fingerprint density at radius 2 is 0.958 bits per heavy atom. The molecule has 1 amide bonds. The molecule has 19 heteroatoms. The lowest BCUT2D eigenvalue weighted by Gasteiger charge is -2.48. The number of rotatable bonds is 37. The van der Waals surface area contributed by atoms with Crippen LogP contribution in [-0.2, 0) is 33.2 Å². The Bertz CT molecular complexity index is 1450. The van der Waals surface area contributed by atoms with Gasteiger partial charge in [-0.3, -0.25) is 4.79 Å². The first-order chi connectivity index (χ1) is 34.3. The van der Waals surface area contributed by atoms with Crippen molar-refractivity contribution in [1.29, 1.82) is 0 Å². The molecular formula is C52H93NO18. The van der Waals surface area contributed by atoms with Crippen molar-refractivity contribution in [2.45, 2.75) is 259 Å². The van der Waals surface area contributed by atoms with Crippen LogP contribution in [0.1, 0.15) is 155 Å². The van der Waals surface area contributed by atoms with E-state index in [4.69, 9.17) is 28.4 Å². The lowest BCUT2D eigenvalue weighted by Crippen LogP contribution is -2.66. The van der Waals surface area contributed by atoms with Crippen molar-refractivity contribution in [3.63, 3.8) is 0 Å². The molecule has 0 radical (unpaired) electrons. The third-order valence-electron chi connectivity index (χ3n) is 13.4. The summed E-state index contributed by atoms with van der Waals surface area (Å²) in [4.78, 5) is 13.2. The topological polar surface area (TPSA) is 307 Å². The van der Waals surface area contributed by atoms with Gasteiger partial charge in [-0.25, -0.2) is 0 Å². The number of carbonyl (C=O) groups is 1. The number of aliphatic hydroxyl groups is 11. The summed E-state index contributed by atoms with van der Waals surface area (Å²) in [5.41, 5.74) is 0. The molecule has 0 spiro atoms. The molecule has 0 aromatic heterocycles. The molecule has 0 aromatic rings. The molecule has 3 heterocycles. The zero-order chi connectivity index (χ0) is 52.0. The maximum atomic E-state index is 13.2. The fraction of sp³-hybridized carbons (Fsp3) is 0.865. The van der Waals surface area contributed by atoms with E-state index in [9.17, 15) is 61.0 Å². The summed E-state index contributed by atoms with van der Waals surface area (Å²) in [5, 5.41) is 120. The van der Waals surface area contributed by atoms with Gasteiger partial charge in [-0.1, -0.05) is 140 Å². The molecule has 3 aliphatic heterocycles. The molecule has 0 aromatic carbocycles. The van der Waals surface area contributed by atoms with E-state index in [1.807, 2.05) is 6.08 Å². The summed E-state index contributed by atoms with van der Waals surface area (Å²) >= 11 is 0. The number of allylic oxidation sites excluding steroid dienone is 5. The molecule has 0 saturated carbocycles. The van der Waals surface area contributed by atoms with Gasteiger partial charge in [0.1, 0.15) is 73.2 Å². The van der Waals surface area contributed by atoms with Gasteiger partial charge < -0.3 is 89.9 Å². The predicted molar refractivity (Wildman–Crippen MR) is 263 cm³/mol. The van der Waals surface area contributed by atoms with Gasteiger partial charge in [0.05, 0.1) is 38.6 Å². The molecule has 3 aliphatic rings. The number of hydrogen-bond acceptors (Lipinski definition) is 18. The summed E-state index contributed by atoms with van der Waals surface area (Å²) in [6.45, 7) is 1.60. The van der Waals surface area contributed by atoms with Gasteiger partial charge in [-0.05, 0) is 44.9 Å². The Morgan fingerprint density at radius 3 is 1.49 bits per heavy atom. The van der Waals surface area contributed by atoms with Gasteiger partial charge >= 0.3 is 0 Å². The Labute approximate surface area is 421 Å². The molecular weight excluding hydrogens is 927 g/mol. The van der Waals surface area contributed by atoms with Crippen molar-refractivity contribution in [3.05, 3.63) is 36.5 Å². The zero-order valence-corrected chi connectivity index (χ0v) is 42.4. The summed E-state index contributed by atoms with van der Waals surface area (Å²) in [6.07, 6.45) is 8.55. The first-order valence-electron chi connectivity index (χ1n) is 26.7. The Kier molecular flexibility index (Phi) is 32.9. The summed E-state index contributed by atoms with van der Waals surface area (Å²) in [5.74, 6) is -0.294. The van der Waals surface area contributed by atoms with Crippen molar-refractivity contribution in [2.24, 2.45) is 0 Å². The van der Waals surface area contributed by atoms with E-state index < -0.39 is 124 Å². The van der Waals surface area contributed by atoms with E-state index in [-0.39, 0.29) is 18.9 Å². The molecule has 71 heavy (non-hydrogen) atoms. The van der Waals surface area contributed by atoms with Crippen LogP contribution in [0.3, 0.4) is 0 Å². The minimum Gasteiger partial charge on any atom is -0.394 e. The van der Waals surface area contributed by atoms with Crippen LogP contribution in [-0.4, -0.2) is 193 Å². The average Bonchev–Trinajstić information content (AvgIpc) is 3.36. The second-order valence-corrected chi connectivity index (χ2v) is 19.3. The minimum atomic E-state index is -1.98. The second-order valence-electron chi connectivity index (χ2n) is 19.3. The lowest BCUT2D eigenvalue weighted by molar-refractivity contribution is -0.379. The standard InChI is InChI=1S/C52H93NO18/c1-3-5-7-9-11-13-15-17-19-21-23-25-27-29-36(57)35(53-40(58)30-28-26-24-22-20-18-16-14-12-10-8-6-4-2)34-66-50-46(64)43(61)48(38(32-55)68-50)71-52-47(65)44(62)49(39(33-56)69-52)70-51-45(63)42(60)41(59)37(31-54)67-51/h8,10,14,16,27,29,35-39,41-52,54-57,59-65H,3-7,9,11-13,15,17-26,28,30-34H2,1-2H3,(H,53,58)/b10-8-,16-14-,29-27+. The Hall–Kier alpha value is -1.99. The highest BCUT2D eigenvalue weighted by Crippen LogP contribution is 2.33. The van der Waals surface area contributed by atoms with Crippen LogP contribution in [0.25, 0.3) is 0 Å². The molecule has 17 atom stereocenters. The molecule has 3 rings (SSSR count). The third kappa shape index (κ3) is 22.4. The SMILES string of the molecule is CCC/C=C\C/C=C\CCCCCCCC(=O)NC(COC1OC(CO)C(OC2OC(CO)C(OC3OC(CO)C(O)C(O)C3O)C(O)C2O)C(O)C1O)C(O)/C=C/CCCCCCCCCCCCC. The molecule has 3 fully saturated rings. The van der Waals surface area contributed by atoms with E-state index in [0.717, 1.165) is 77.0 Å². The van der Waals surface area contributed by atoms with E-state index in [1.54, 1.807) is 6.08 Å². The van der Waals surface area contributed by atoms with E-state index in [0.29, 0.717) is 6.42 Å². The highest BCUT2D eigenvalue weighted by Gasteiger charge is 2.53. The van der Waals surface area contributed by atoms with Crippen molar-refractivity contribution in [3.8, 4) is 0 Å². The van der Waals surface area contributed by atoms with Crippen molar-refractivity contribution < 1.29 is 89.4 Å². The largest absolute Gasteiger partial charge is 0.394 e. The molecule has 414 valence electrons. The van der Waals surface area contributed by atoms with Crippen molar-refractivity contribution in [2.75, 3.05) is 26.4 Å². The molecule has 17 unspecified atom stereocenters. The lowest BCUT2D eigenvalue weighted by atomic mass is 9.96. The number of carbonyl (C=O) groups excluding carboxylic acids is 1. The highest BCUT2D eigenvalue weighted by molar-refractivity contribution is 5.76. The van der Waals surface area contributed by atoms with Crippen molar-refractivity contribution >= 4 is 5.91 Å². The van der Waals surface area contributed by atoms with Gasteiger partial charge in [-0.2, -0.15) is 0 Å². The van der Waals surface area contributed by atoms with Crippen LogP contribution in [0.15, 0.2) is 36.5 Å². The normalized spacial score (nSPS) is 32.5. The Morgan fingerprint density at radius 1 is 0.507 bits per heavy atom. The predicted octanol–water partition coefficient (Wildman–Crippen LogP) is 2.59. The summed E-state index contributed by atoms with van der Waals surface area (Å²) in [6, 6.07) is -0.977. The molecule has 19 nitrogen and oxygen atoms in total. The summed E-state index contributed by atoms with van der Waals surface area (Å²) in [7, 11) is 0. The number of aliphatic hydroxyl groups excluding tert-OH is 11. The van der Waals surface area contributed by atoms with E-state index in [1.165, 1.54) is 51.4 Å². The third-order valence-corrected chi connectivity index (χ3v) is 13.4. The Balaban J connectivity index is 1.56. The number of ether oxygens (including phenoxy) is 6. The first-order valence-corrected chi connectivity index (χ1v) is 26.7. The highest BCUT2D eigenvalue weighted by atomic mass is 16.8. The average molecular weight is 1020 g/mol. The van der Waals surface area contributed by atoms with Gasteiger partial charge in [0, 0.05) is 6.42 Å². The van der Waals surface area contributed by atoms with E-state index >= 15 is 0 Å². The van der Waals surface area contributed by atoms with Crippen molar-refractivity contribution in [1.82, 2.24) is 5.32 Å². The zero-order valence-electron chi connectivity index (χ0n) is 42.4. The molecule has 0 bridgehead atoms. The number of hydrogen-bond donors (Lipinski definition) is 12. The number of amides is 1. The monoisotopic (exact) mass is 1020 g/mol. The van der Waals surface area contributed by atoms with Crippen LogP contribution >= 0.6 is 0 Å². The van der Waals surface area contributed by atoms with Crippen LogP contribution in [0, 0.1) is 0 Å². The van der Waals surface area contributed by atoms with Crippen LogP contribution in [0.2, 0.25) is 0 Å². The van der Waals surface area contributed by atoms with Gasteiger partial charge in [0.25, 0.3) is 0 Å². The fourth-order valence-electron chi connectivity index (χ4n) is 8.93. The van der Waals surface area contributed by atoms with Crippen LogP contribution in [0.5, 0.6) is 0 Å². The smallest absolute Gasteiger partial charge is 0.220 e. The maximum absolute atomic E-state index is 13.2. The van der Waals surface area contributed by atoms with E-state index in [2.05, 4.69) is 43.5 Å². The number of unbranched alkanes of at least 4 members (excludes halogenated alkanes) is 17. The van der Waals surface area contributed by atoms with Crippen LogP contribution in [0.4, 0.5) is 0 Å². The second kappa shape index (κ2) is 36.9. The molecule has 0 aliphatic carbocycles. The quantitative estimate of drug-likeness (QED) is 0.0314. The summed E-state index contributed by atoms with van der Waals surface area (Å²) < 4.78 is 34.1. The fourth-order valence-corrected chi connectivity index (χ4v) is 8.93. The maximum Gasteiger partial charge on any atom is 0.220 e. The van der Waals surface area contributed by atoms with Gasteiger partial charge in [-0.15, -0.1) is 0 Å².